The highest BCUT2D eigenvalue weighted by Crippen LogP contribution is 2.26. The van der Waals surface area contributed by atoms with Crippen LogP contribution in [0.25, 0.3) is 11.0 Å². The van der Waals surface area contributed by atoms with Crippen molar-refractivity contribution in [3.8, 4) is 0 Å². The summed E-state index contributed by atoms with van der Waals surface area (Å²) in [5, 5.41) is 4.32. The fraction of sp³-hybridized carbons (Fsp3) is 0.200. The van der Waals surface area contributed by atoms with Crippen LogP contribution in [0.3, 0.4) is 0 Å². The lowest BCUT2D eigenvalue weighted by Gasteiger charge is -2.08. The lowest BCUT2D eigenvalue weighted by molar-refractivity contribution is 1.08. The maximum Gasteiger partial charge on any atom is 0.144 e. The van der Waals surface area contributed by atoms with E-state index in [4.69, 9.17) is 0 Å². The molecular formula is C15H14N6. The van der Waals surface area contributed by atoms with Crippen molar-refractivity contribution in [2.75, 3.05) is 5.32 Å². The summed E-state index contributed by atoms with van der Waals surface area (Å²) in [6.45, 7) is 2.83. The van der Waals surface area contributed by atoms with E-state index in [1.165, 1.54) is 5.56 Å². The van der Waals surface area contributed by atoms with Crippen LogP contribution in [0.4, 0.5) is 11.6 Å². The van der Waals surface area contributed by atoms with Crippen LogP contribution in [0.5, 0.6) is 0 Å². The molecule has 0 radical (unpaired) electrons. The highest BCUT2D eigenvalue weighted by atomic mass is 15.1. The van der Waals surface area contributed by atoms with Gasteiger partial charge < -0.3 is 10.3 Å². The van der Waals surface area contributed by atoms with E-state index in [2.05, 4.69) is 37.2 Å². The van der Waals surface area contributed by atoms with Crippen molar-refractivity contribution in [1.29, 1.82) is 0 Å². The molecule has 0 atom stereocenters. The zero-order chi connectivity index (χ0) is 14.2. The second-order valence-corrected chi connectivity index (χ2v) is 4.98. The molecule has 0 spiro atoms. The Bertz CT molecular complexity index is 848. The molecule has 6 nitrogen and oxygen atoms in total. The van der Waals surface area contributed by atoms with E-state index in [1.54, 1.807) is 6.33 Å². The van der Waals surface area contributed by atoms with Crippen molar-refractivity contribution in [1.82, 2.24) is 19.9 Å². The molecule has 0 saturated carbocycles. The van der Waals surface area contributed by atoms with Crippen LogP contribution in [-0.4, -0.2) is 26.2 Å². The number of anilines is 2. The highest BCUT2D eigenvalue weighted by Gasteiger charge is 2.12. The van der Waals surface area contributed by atoms with Crippen LogP contribution in [0.1, 0.15) is 23.6 Å². The molecule has 0 aliphatic carbocycles. The first-order valence-corrected chi connectivity index (χ1v) is 6.92. The minimum Gasteiger partial charge on any atom is -0.346 e. The zero-order valence-corrected chi connectivity index (χ0v) is 11.6. The van der Waals surface area contributed by atoms with Gasteiger partial charge >= 0.3 is 0 Å². The van der Waals surface area contributed by atoms with Gasteiger partial charge in [-0.1, -0.05) is 6.92 Å². The second kappa shape index (κ2) is 4.66. The lowest BCUT2D eigenvalue weighted by atomic mass is 10.1. The molecule has 3 aromatic rings. The number of aliphatic imine (C=N–C) groups is 1. The first kappa shape index (κ1) is 12.0. The molecule has 0 fully saturated rings. The third-order valence-corrected chi connectivity index (χ3v) is 3.69. The Hall–Kier alpha value is -2.76. The maximum atomic E-state index is 4.43. The predicted molar refractivity (Wildman–Crippen MR) is 82.1 cm³/mol. The van der Waals surface area contributed by atoms with Crippen molar-refractivity contribution in [2.24, 2.45) is 4.99 Å². The van der Waals surface area contributed by atoms with E-state index in [-0.39, 0.29) is 0 Å². The van der Waals surface area contributed by atoms with Gasteiger partial charge in [-0.25, -0.2) is 15.0 Å². The van der Waals surface area contributed by atoms with E-state index in [1.807, 2.05) is 24.7 Å². The number of H-pyrrole nitrogens is 1. The summed E-state index contributed by atoms with van der Waals surface area (Å²) >= 11 is 0. The molecule has 0 aromatic carbocycles. The topological polar surface area (TPSA) is 78.9 Å². The second-order valence-electron chi connectivity index (χ2n) is 4.98. The summed E-state index contributed by atoms with van der Waals surface area (Å²) in [6.07, 6.45) is 8.20. The molecule has 104 valence electrons. The third-order valence-electron chi connectivity index (χ3n) is 3.69. The van der Waals surface area contributed by atoms with E-state index in [0.29, 0.717) is 0 Å². The molecule has 0 unspecified atom stereocenters. The molecular weight excluding hydrogens is 264 g/mol. The maximum absolute atomic E-state index is 4.43. The molecule has 3 aromatic heterocycles. The monoisotopic (exact) mass is 278 g/mol. The Morgan fingerprint density at radius 2 is 2.24 bits per heavy atom. The Balaban J connectivity index is 1.77. The lowest BCUT2D eigenvalue weighted by Crippen LogP contribution is -2.00. The van der Waals surface area contributed by atoms with Crippen LogP contribution in [0.2, 0.25) is 0 Å². The molecule has 21 heavy (non-hydrogen) atoms. The summed E-state index contributed by atoms with van der Waals surface area (Å²) in [5.41, 5.74) is 4.30. The van der Waals surface area contributed by atoms with Gasteiger partial charge in [0.05, 0.1) is 11.9 Å². The number of hydrogen-bond donors (Lipinski definition) is 2. The number of rotatable bonds is 3. The van der Waals surface area contributed by atoms with Crippen LogP contribution in [0.15, 0.2) is 29.8 Å². The van der Waals surface area contributed by atoms with Crippen LogP contribution in [0, 0.1) is 0 Å². The van der Waals surface area contributed by atoms with Crippen molar-refractivity contribution in [3.63, 3.8) is 0 Å². The zero-order valence-electron chi connectivity index (χ0n) is 11.6. The quantitative estimate of drug-likeness (QED) is 0.771. The molecule has 0 saturated heterocycles. The summed E-state index contributed by atoms with van der Waals surface area (Å²) in [5.74, 6) is 1.55. The van der Waals surface area contributed by atoms with Crippen molar-refractivity contribution in [2.45, 2.75) is 19.9 Å². The largest absolute Gasteiger partial charge is 0.346 e. The van der Waals surface area contributed by atoms with E-state index >= 15 is 0 Å². The molecule has 1 aliphatic heterocycles. The standard InChI is InChI=1S/C15H14N6/c1-2-9-6-18-14-13(9)15(20-8-19-14)21-12-3-10-4-16-5-11(10)7-17-12/h3-4,6-8H,2,5H2,1H3,(H2,17,18,19,20,21). The van der Waals surface area contributed by atoms with Crippen LogP contribution >= 0.6 is 0 Å². The van der Waals surface area contributed by atoms with Crippen molar-refractivity contribution >= 4 is 28.9 Å². The predicted octanol–water partition coefficient (Wildman–Crippen LogP) is 2.59. The van der Waals surface area contributed by atoms with E-state index < -0.39 is 0 Å². The van der Waals surface area contributed by atoms with Crippen LogP contribution in [-0.2, 0) is 13.0 Å². The number of aryl methyl sites for hydroxylation is 1. The smallest absolute Gasteiger partial charge is 0.144 e. The van der Waals surface area contributed by atoms with Gasteiger partial charge in [0.15, 0.2) is 0 Å². The molecule has 6 heteroatoms. The summed E-state index contributed by atoms with van der Waals surface area (Å²) in [6, 6.07) is 2.00. The van der Waals surface area contributed by atoms with Gasteiger partial charge in [-0.3, -0.25) is 4.99 Å². The molecule has 0 bridgehead atoms. The average molecular weight is 278 g/mol. The van der Waals surface area contributed by atoms with Gasteiger partial charge in [-0.2, -0.15) is 0 Å². The minimum atomic E-state index is 0.720. The van der Waals surface area contributed by atoms with Gasteiger partial charge in [-0.05, 0) is 18.1 Å². The Labute approximate surface area is 121 Å². The SMILES string of the molecule is CCc1c[nH]c2ncnc(Nc3cc4c(cn3)CN=C4)c12. The number of fused-ring (bicyclic) bond motifs is 2. The van der Waals surface area contributed by atoms with Gasteiger partial charge in [0.1, 0.15) is 23.6 Å². The number of nitrogens with zero attached hydrogens (tertiary/aromatic N) is 4. The Morgan fingerprint density at radius 1 is 1.29 bits per heavy atom. The number of nitrogens with one attached hydrogen (secondary N) is 2. The van der Waals surface area contributed by atoms with Gasteiger partial charge in [0.2, 0.25) is 0 Å². The summed E-state index contributed by atoms with van der Waals surface area (Å²) < 4.78 is 0. The molecule has 2 N–H and O–H groups in total. The number of hydrogen-bond acceptors (Lipinski definition) is 5. The van der Waals surface area contributed by atoms with Gasteiger partial charge in [0, 0.05) is 29.7 Å². The van der Waals surface area contributed by atoms with Gasteiger partial charge in [0.25, 0.3) is 0 Å². The molecule has 4 heterocycles. The van der Waals surface area contributed by atoms with Crippen molar-refractivity contribution in [3.05, 3.63) is 41.5 Å². The number of aromatic amines is 1. The molecule has 1 aliphatic rings. The summed E-state index contributed by atoms with van der Waals surface area (Å²) in [7, 11) is 0. The highest BCUT2D eigenvalue weighted by molar-refractivity contribution is 5.92. The first-order valence-electron chi connectivity index (χ1n) is 6.92. The first-order chi connectivity index (χ1) is 10.3. The normalized spacial score (nSPS) is 12.8. The average Bonchev–Trinajstić information content (AvgIpc) is 3.13. The third kappa shape index (κ3) is 1.96. The van der Waals surface area contributed by atoms with Crippen molar-refractivity contribution < 1.29 is 0 Å². The number of aromatic nitrogens is 4. The van der Waals surface area contributed by atoms with E-state index in [0.717, 1.165) is 46.8 Å². The number of pyridine rings is 1. The Kier molecular flexibility index (Phi) is 2.67. The van der Waals surface area contributed by atoms with Crippen LogP contribution < -0.4 is 5.32 Å². The fourth-order valence-corrected chi connectivity index (χ4v) is 2.58. The Morgan fingerprint density at radius 3 is 3.14 bits per heavy atom. The molecule has 4 rings (SSSR count). The van der Waals surface area contributed by atoms with Gasteiger partial charge in [-0.15, -0.1) is 0 Å². The van der Waals surface area contributed by atoms with E-state index in [9.17, 15) is 0 Å². The fourth-order valence-electron chi connectivity index (χ4n) is 2.58. The summed E-state index contributed by atoms with van der Waals surface area (Å²) in [4.78, 5) is 20.5. The molecule has 0 amide bonds. The minimum absolute atomic E-state index is 0.720.